The highest BCUT2D eigenvalue weighted by molar-refractivity contribution is 14.1. The second-order valence-corrected chi connectivity index (χ2v) is 5.94. The molecule has 0 aliphatic heterocycles. The Balaban J connectivity index is 2.33. The maximum atomic E-state index is 13.2. The van der Waals surface area contributed by atoms with Gasteiger partial charge >= 0.3 is 0 Å². The fourth-order valence-corrected chi connectivity index (χ4v) is 2.87. The van der Waals surface area contributed by atoms with E-state index in [1.807, 2.05) is 13.8 Å². The maximum absolute atomic E-state index is 13.2. The molecule has 3 aromatic rings. The van der Waals surface area contributed by atoms with Crippen LogP contribution in [0, 0.1) is 23.2 Å². The molecule has 0 aliphatic carbocycles. The highest BCUT2D eigenvalue weighted by Gasteiger charge is 2.16. The van der Waals surface area contributed by atoms with Crippen molar-refractivity contribution in [3.63, 3.8) is 0 Å². The fourth-order valence-electron chi connectivity index (χ4n) is 1.93. The van der Waals surface area contributed by atoms with Crippen LogP contribution in [0.2, 0.25) is 5.15 Å². The Morgan fingerprint density at radius 1 is 1.20 bits per heavy atom. The summed E-state index contributed by atoms with van der Waals surface area (Å²) in [6.45, 7) is 3.81. The number of aryl methyl sites for hydroxylation is 1. The van der Waals surface area contributed by atoms with Crippen LogP contribution in [0.1, 0.15) is 11.1 Å². The van der Waals surface area contributed by atoms with Crippen molar-refractivity contribution in [1.29, 1.82) is 0 Å². The second kappa shape index (κ2) is 4.92. The highest BCUT2D eigenvalue weighted by atomic mass is 127. The molecule has 0 radical (unpaired) electrons. The maximum Gasteiger partial charge on any atom is 0.186 e. The van der Waals surface area contributed by atoms with Gasteiger partial charge in [-0.05, 0) is 60.2 Å². The molecule has 0 fully saturated rings. The van der Waals surface area contributed by atoms with Gasteiger partial charge in [0.2, 0.25) is 0 Å². The lowest BCUT2D eigenvalue weighted by Gasteiger charge is -2.06. The summed E-state index contributed by atoms with van der Waals surface area (Å²) in [7, 11) is 0. The molecule has 0 bridgehead atoms. The first-order valence-electron chi connectivity index (χ1n) is 5.82. The average Bonchev–Trinajstić information content (AvgIpc) is 2.80. The molecule has 0 saturated heterocycles. The monoisotopic (exact) mass is 402 g/mol. The van der Waals surface area contributed by atoms with Gasteiger partial charge in [-0.1, -0.05) is 11.6 Å². The third-order valence-electron chi connectivity index (χ3n) is 3.21. The van der Waals surface area contributed by atoms with Crippen LogP contribution < -0.4 is 0 Å². The molecule has 0 spiro atoms. The van der Waals surface area contributed by atoms with Gasteiger partial charge in [-0.25, -0.2) is 4.39 Å². The van der Waals surface area contributed by atoms with Crippen molar-refractivity contribution in [2.75, 3.05) is 0 Å². The lowest BCUT2D eigenvalue weighted by atomic mass is 10.2. The van der Waals surface area contributed by atoms with E-state index in [0.717, 1.165) is 20.3 Å². The number of aromatic nitrogens is 4. The van der Waals surface area contributed by atoms with Crippen molar-refractivity contribution in [2.45, 2.75) is 13.8 Å². The predicted molar refractivity (Wildman–Crippen MR) is 83.4 cm³/mol. The Bertz CT molecular complexity index is 831. The molecule has 2 heterocycles. The number of hydrogen-bond donors (Lipinski definition) is 0. The molecule has 7 heteroatoms. The smallest absolute Gasteiger partial charge is 0.186 e. The molecule has 0 aliphatic rings. The van der Waals surface area contributed by atoms with Crippen molar-refractivity contribution in [3.05, 3.63) is 43.9 Å². The number of hydrogen-bond acceptors (Lipinski definition) is 3. The summed E-state index contributed by atoms with van der Waals surface area (Å²) in [5, 5.41) is 13.0. The number of fused-ring (bicyclic) bond motifs is 1. The quantitative estimate of drug-likeness (QED) is 0.582. The molecule has 0 amide bonds. The first kappa shape index (κ1) is 13.7. The summed E-state index contributed by atoms with van der Waals surface area (Å²) in [5.41, 5.74) is 3.24. The van der Waals surface area contributed by atoms with E-state index < -0.39 is 0 Å². The molecule has 4 nitrogen and oxygen atoms in total. The van der Waals surface area contributed by atoms with Gasteiger partial charge < -0.3 is 0 Å². The number of halogens is 3. The van der Waals surface area contributed by atoms with Gasteiger partial charge in [0.1, 0.15) is 5.82 Å². The van der Waals surface area contributed by atoms with Crippen molar-refractivity contribution in [2.24, 2.45) is 0 Å². The van der Waals surface area contributed by atoms with Crippen LogP contribution >= 0.6 is 34.2 Å². The van der Waals surface area contributed by atoms with E-state index in [1.165, 1.54) is 12.1 Å². The Labute approximate surface area is 133 Å². The summed E-state index contributed by atoms with van der Waals surface area (Å²) in [4.78, 5) is 0. The van der Waals surface area contributed by atoms with Gasteiger partial charge in [0, 0.05) is 14.7 Å². The van der Waals surface area contributed by atoms with Gasteiger partial charge in [-0.3, -0.25) is 0 Å². The standard InChI is InChI=1S/C13H9ClFIN4/c1-6-7(2)12-17-18-13(20(12)19-11(6)14)9-4-3-8(15)5-10(9)16/h3-5H,1-2H3. The van der Waals surface area contributed by atoms with E-state index in [-0.39, 0.29) is 5.82 Å². The second-order valence-electron chi connectivity index (χ2n) is 4.42. The van der Waals surface area contributed by atoms with Gasteiger partial charge in [0.25, 0.3) is 0 Å². The summed E-state index contributed by atoms with van der Waals surface area (Å²) in [6.07, 6.45) is 0. The molecule has 0 unspecified atom stereocenters. The van der Waals surface area contributed by atoms with Crippen LogP contribution in [0.15, 0.2) is 18.2 Å². The zero-order valence-electron chi connectivity index (χ0n) is 10.7. The van der Waals surface area contributed by atoms with Crippen molar-refractivity contribution in [1.82, 2.24) is 19.8 Å². The van der Waals surface area contributed by atoms with E-state index in [4.69, 9.17) is 11.6 Å². The minimum atomic E-state index is -0.287. The largest absolute Gasteiger partial charge is 0.207 e. The molecule has 0 N–H and O–H groups in total. The van der Waals surface area contributed by atoms with Crippen molar-refractivity contribution in [3.8, 4) is 11.4 Å². The average molecular weight is 403 g/mol. The first-order chi connectivity index (χ1) is 9.49. The van der Waals surface area contributed by atoms with Crippen LogP contribution in [-0.2, 0) is 0 Å². The first-order valence-corrected chi connectivity index (χ1v) is 7.28. The number of rotatable bonds is 1. The molecule has 3 rings (SSSR count). The van der Waals surface area contributed by atoms with Crippen molar-refractivity contribution >= 4 is 39.8 Å². The van der Waals surface area contributed by atoms with Gasteiger partial charge in [-0.15, -0.1) is 10.2 Å². The molecular formula is C13H9ClFIN4. The van der Waals surface area contributed by atoms with Crippen LogP contribution in [0.25, 0.3) is 17.0 Å². The Morgan fingerprint density at radius 3 is 2.65 bits per heavy atom. The number of benzene rings is 1. The molecule has 0 saturated carbocycles. The molecule has 20 heavy (non-hydrogen) atoms. The van der Waals surface area contributed by atoms with Gasteiger partial charge in [0.05, 0.1) is 0 Å². The van der Waals surface area contributed by atoms with Crippen LogP contribution in [-0.4, -0.2) is 19.8 Å². The van der Waals surface area contributed by atoms with E-state index in [9.17, 15) is 4.39 Å². The predicted octanol–water partition coefficient (Wildman–Crippen LogP) is 3.81. The van der Waals surface area contributed by atoms with E-state index in [0.29, 0.717) is 16.6 Å². The topological polar surface area (TPSA) is 43.1 Å². The lowest BCUT2D eigenvalue weighted by molar-refractivity contribution is 0.627. The molecule has 1 aromatic carbocycles. The van der Waals surface area contributed by atoms with E-state index >= 15 is 0 Å². The van der Waals surface area contributed by atoms with Crippen LogP contribution in [0.4, 0.5) is 4.39 Å². The van der Waals surface area contributed by atoms with Gasteiger partial charge in [-0.2, -0.15) is 9.61 Å². The Hall–Kier alpha value is -1.28. The lowest BCUT2D eigenvalue weighted by Crippen LogP contribution is -2.01. The third kappa shape index (κ3) is 2.07. The van der Waals surface area contributed by atoms with Crippen LogP contribution in [0.3, 0.4) is 0 Å². The molecular weight excluding hydrogens is 394 g/mol. The van der Waals surface area contributed by atoms with Crippen molar-refractivity contribution < 1.29 is 4.39 Å². The highest BCUT2D eigenvalue weighted by Crippen LogP contribution is 2.27. The zero-order valence-corrected chi connectivity index (χ0v) is 13.6. The summed E-state index contributed by atoms with van der Waals surface area (Å²) >= 11 is 8.19. The third-order valence-corrected chi connectivity index (χ3v) is 4.46. The SMILES string of the molecule is Cc1c(Cl)nn2c(-c3ccc(F)cc3I)nnc2c1C. The van der Waals surface area contributed by atoms with E-state index in [1.54, 1.807) is 10.6 Å². The molecule has 2 aromatic heterocycles. The Morgan fingerprint density at radius 2 is 1.95 bits per heavy atom. The minimum absolute atomic E-state index is 0.287. The summed E-state index contributed by atoms with van der Waals surface area (Å²) < 4.78 is 15.5. The summed E-state index contributed by atoms with van der Waals surface area (Å²) in [5.74, 6) is 0.263. The van der Waals surface area contributed by atoms with Crippen LogP contribution in [0.5, 0.6) is 0 Å². The van der Waals surface area contributed by atoms with E-state index in [2.05, 4.69) is 37.9 Å². The molecule has 0 atom stereocenters. The summed E-state index contributed by atoms with van der Waals surface area (Å²) in [6, 6.07) is 4.50. The molecule has 102 valence electrons. The zero-order chi connectivity index (χ0) is 14.4. The fraction of sp³-hybridized carbons (Fsp3) is 0.154. The number of nitrogens with zero attached hydrogens (tertiary/aromatic N) is 4. The Kier molecular flexibility index (Phi) is 3.37. The van der Waals surface area contributed by atoms with Gasteiger partial charge in [0.15, 0.2) is 16.6 Å². The minimum Gasteiger partial charge on any atom is -0.207 e. The normalized spacial score (nSPS) is 11.2.